The number of aromatic nitrogens is 2. The van der Waals surface area contributed by atoms with Crippen LogP contribution in [0.2, 0.25) is 0 Å². The second-order valence-corrected chi connectivity index (χ2v) is 4.63. The molecule has 1 aliphatic heterocycles. The minimum absolute atomic E-state index is 0.681. The molecule has 16 heavy (non-hydrogen) atoms. The summed E-state index contributed by atoms with van der Waals surface area (Å²) in [6.45, 7) is 6.68. The summed E-state index contributed by atoms with van der Waals surface area (Å²) in [6, 6.07) is 0.681. The number of imidazole rings is 1. The van der Waals surface area contributed by atoms with E-state index >= 15 is 0 Å². The summed E-state index contributed by atoms with van der Waals surface area (Å²) < 4.78 is 2.10. The van der Waals surface area contributed by atoms with Crippen molar-refractivity contribution in [3.63, 3.8) is 0 Å². The van der Waals surface area contributed by atoms with E-state index in [1.807, 2.05) is 12.4 Å². The van der Waals surface area contributed by atoms with E-state index in [0.717, 1.165) is 25.5 Å². The van der Waals surface area contributed by atoms with E-state index in [1.165, 1.54) is 19.4 Å². The van der Waals surface area contributed by atoms with E-state index in [-0.39, 0.29) is 0 Å². The molecule has 1 fully saturated rings. The molecule has 0 spiro atoms. The Balaban J connectivity index is 1.79. The molecule has 2 rings (SSSR count). The van der Waals surface area contributed by atoms with Gasteiger partial charge in [-0.1, -0.05) is 6.92 Å². The molecule has 90 valence electrons. The normalized spacial score (nSPS) is 21.8. The summed E-state index contributed by atoms with van der Waals surface area (Å²) in [4.78, 5) is 6.85. The molecule has 1 N–H and O–H groups in total. The zero-order chi connectivity index (χ0) is 11.4. The van der Waals surface area contributed by atoms with Crippen LogP contribution in [0.5, 0.6) is 0 Å². The first-order valence-corrected chi connectivity index (χ1v) is 6.21. The van der Waals surface area contributed by atoms with Gasteiger partial charge in [0.1, 0.15) is 5.82 Å². The molecule has 0 radical (unpaired) electrons. The van der Waals surface area contributed by atoms with Gasteiger partial charge in [0.25, 0.3) is 0 Å². The Morgan fingerprint density at radius 3 is 3.12 bits per heavy atom. The van der Waals surface area contributed by atoms with Crippen molar-refractivity contribution in [2.24, 2.45) is 7.05 Å². The third kappa shape index (κ3) is 2.83. The Hall–Kier alpha value is -0.870. The van der Waals surface area contributed by atoms with E-state index in [1.54, 1.807) is 0 Å². The largest absolute Gasteiger partial charge is 0.337 e. The van der Waals surface area contributed by atoms with Gasteiger partial charge >= 0.3 is 0 Å². The maximum absolute atomic E-state index is 4.37. The third-order valence-corrected chi connectivity index (χ3v) is 3.24. The van der Waals surface area contributed by atoms with Gasteiger partial charge in [0, 0.05) is 38.6 Å². The maximum Gasteiger partial charge on any atom is 0.122 e. The molecule has 0 saturated carbocycles. The summed E-state index contributed by atoms with van der Waals surface area (Å²) in [6.07, 6.45) is 6.37. The van der Waals surface area contributed by atoms with Crippen molar-refractivity contribution in [3.05, 3.63) is 18.2 Å². The number of hydrogen-bond acceptors (Lipinski definition) is 3. The maximum atomic E-state index is 4.37. The van der Waals surface area contributed by atoms with E-state index < -0.39 is 0 Å². The fraction of sp³-hybridized carbons (Fsp3) is 0.750. The first-order valence-electron chi connectivity index (χ1n) is 6.21. The highest BCUT2D eigenvalue weighted by Gasteiger charge is 2.22. The highest BCUT2D eigenvalue weighted by Crippen LogP contribution is 2.12. The van der Waals surface area contributed by atoms with E-state index in [4.69, 9.17) is 0 Å². The predicted molar refractivity (Wildman–Crippen MR) is 65.2 cm³/mol. The van der Waals surface area contributed by atoms with Gasteiger partial charge in [0.15, 0.2) is 0 Å². The Morgan fingerprint density at radius 2 is 2.44 bits per heavy atom. The molecule has 1 aliphatic rings. The smallest absolute Gasteiger partial charge is 0.122 e. The predicted octanol–water partition coefficient (Wildman–Crippen LogP) is 0.994. The Morgan fingerprint density at radius 1 is 1.56 bits per heavy atom. The SMILES string of the molecule is CCCNC1CCN(Cc2nccn2C)C1. The summed E-state index contributed by atoms with van der Waals surface area (Å²) in [5.41, 5.74) is 0. The van der Waals surface area contributed by atoms with E-state index in [9.17, 15) is 0 Å². The van der Waals surface area contributed by atoms with Crippen molar-refractivity contribution >= 4 is 0 Å². The van der Waals surface area contributed by atoms with Crippen LogP contribution < -0.4 is 5.32 Å². The van der Waals surface area contributed by atoms with Crippen LogP contribution in [0.25, 0.3) is 0 Å². The molecular weight excluding hydrogens is 200 g/mol. The van der Waals surface area contributed by atoms with Crippen molar-refractivity contribution in [3.8, 4) is 0 Å². The van der Waals surface area contributed by atoms with Crippen molar-refractivity contribution < 1.29 is 0 Å². The van der Waals surface area contributed by atoms with Gasteiger partial charge in [-0.25, -0.2) is 4.98 Å². The summed E-state index contributed by atoms with van der Waals surface area (Å²) in [5, 5.41) is 3.59. The number of nitrogens with zero attached hydrogens (tertiary/aromatic N) is 3. The Bertz CT molecular complexity index is 321. The van der Waals surface area contributed by atoms with Crippen molar-refractivity contribution in [2.45, 2.75) is 32.4 Å². The van der Waals surface area contributed by atoms with Crippen LogP contribution >= 0.6 is 0 Å². The summed E-state index contributed by atoms with van der Waals surface area (Å²) in [7, 11) is 2.06. The molecule has 4 heteroatoms. The first kappa shape index (κ1) is 11.6. The molecule has 1 aromatic rings. The zero-order valence-electron chi connectivity index (χ0n) is 10.3. The molecule has 4 nitrogen and oxygen atoms in total. The van der Waals surface area contributed by atoms with E-state index in [0.29, 0.717) is 6.04 Å². The van der Waals surface area contributed by atoms with Crippen LogP contribution in [0.1, 0.15) is 25.6 Å². The molecule has 1 aromatic heterocycles. The lowest BCUT2D eigenvalue weighted by atomic mass is 10.2. The second kappa shape index (κ2) is 5.46. The molecule has 0 aliphatic carbocycles. The Kier molecular flexibility index (Phi) is 3.96. The van der Waals surface area contributed by atoms with Crippen LogP contribution in [0, 0.1) is 0 Å². The van der Waals surface area contributed by atoms with Crippen LogP contribution in [0.3, 0.4) is 0 Å². The van der Waals surface area contributed by atoms with Gasteiger partial charge in [-0.05, 0) is 19.4 Å². The average molecular weight is 222 g/mol. The molecule has 0 bridgehead atoms. The highest BCUT2D eigenvalue weighted by atomic mass is 15.2. The van der Waals surface area contributed by atoms with Gasteiger partial charge in [0.05, 0.1) is 6.54 Å². The molecule has 0 aromatic carbocycles. The second-order valence-electron chi connectivity index (χ2n) is 4.63. The lowest BCUT2D eigenvalue weighted by molar-refractivity contribution is 0.308. The van der Waals surface area contributed by atoms with Crippen molar-refractivity contribution in [1.82, 2.24) is 19.8 Å². The van der Waals surface area contributed by atoms with Crippen LogP contribution in [0.15, 0.2) is 12.4 Å². The van der Waals surface area contributed by atoms with Crippen LogP contribution in [0.4, 0.5) is 0 Å². The minimum Gasteiger partial charge on any atom is -0.337 e. The average Bonchev–Trinajstić information content (AvgIpc) is 2.87. The fourth-order valence-corrected chi connectivity index (χ4v) is 2.24. The molecule has 1 atom stereocenters. The van der Waals surface area contributed by atoms with Crippen LogP contribution in [-0.4, -0.2) is 40.1 Å². The summed E-state index contributed by atoms with van der Waals surface area (Å²) >= 11 is 0. The fourth-order valence-electron chi connectivity index (χ4n) is 2.24. The monoisotopic (exact) mass is 222 g/mol. The zero-order valence-corrected chi connectivity index (χ0v) is 10.3. The highest BCUT2D eigenvalue weighted by molar-refractivity contribution is 4.93. The summed E-state index contributed by atoms with van der Waals surface area (Å²) in [5.74, 6) is 1.16. The molecular formula is C12H22N4. The van der Waals surface area contributed by atoms with E-state index in [2.05, 4.69) is 33.7 Å². The van der Waals surface area contributed by atoms with Gasteiger partial charge in [-0.15, -0.1) is 0 Å². The van der Waals surface area contributed by atoms with Gasteiger partial charge in [-0.3, -0.25) is 4.90 Å². The van der Waals surface area contributed by atoms with Gasteiger partial charge in [0.2, 0.25) is 0 Å². The molecule has 2 heterocycles. The van der Waals surface area contributed by atoms with Crippen molar-refractivity contribution in [1.29, 1.82) is 0 Å². The topological polar surface area (TPSA) is 33.1 Å². The number of nitrogens with one attached hydrogen (secondary N) is 1. The van der Waals surface area contributed by atoms with Gasteiger partial charge < -0.3 is 9.88 Å². The minimum atomic E-state index is 0.681. The number of hydrogen-bond donors (Lipinski definition) is 1. The standard InChI is InChI=1S/C12H22N4/c1-3-5-13-11-4-7-16(9-11)10-12-14-6-8-15(12)2/h6,8,11,13H,3-5,7,9-10H2,1-2H3. The third-order valence-electron chi connectivity index (χ3n) is 3.24. The van der Waals surface area contributed by atoms with Gasteiger partial charge in [-0.2, -0.15) is 0 Å². The molecule has 0 amide bonds. The lowest BCUT2D eigenvalue weighted by Crippen LogP contribution is -2.33. The molecule has 1 unspecified atom stereocenters. The van der Waals surface area contributed by atoms with Crippen molar-refractivity contribution in [2.75, 3.05) is 19.6 Å². The molecule has 1 saturated heterocycles. The quantitative estimate of drug-likeness (QED) is 0.806. The number of rotatable bonds is 5. The number of likely N-dealkylation sites (tertiary alicyclic amines) is 1. The lowest BCUT2D eigenvalue weighted by Gasteiger charge is -2.16. The van der Waals surface area contributed by atoms with Crippen LogP contribution in [-0.2, 0) is 13.6 Å². The first-order chi connectivity index (χ1) is 7.79. The number of aryl methyl sites for hydroxylation is 1. The Labute approximate surface area is 97.7 Å².